The molecule has 3 atom stereocenters. The van der Waals surface area contributed by atoms with E-state index in [0.717, 1.165) is 18.5 Å². The zero-order valence-electron chi connectivity index (χ0n) is 13.5. The third-order valence-corrected chi connectivity index (χ3v) is 4.60. The summed E-state index contributed by atoms with van der Waals surface area (Å²) in [5, 5.41) is 3.49. The van der Waals surface area contributed by atoms with Gasteiger partial charge in [0.25, 0.3) is 0 Å². The first-order valence-corrected chi connectivity index (χ1v) is 8.14. The summed E-state index contributed by atoms with van der Waals surface area (Å²) in [6, 6.07) is 10.4. The lowest BCUT2D eigenvalue weighted by molar-refractivity contribution is 0.238. The van der Waals surface area contributed by atoms with Gasteiger partial charge < -0.3 is 5.32 Å². The molecule has 2 heteroatoms. The smallest absolute Gasteiger partial charge is 0.0446 e. The van der Waals surface area contributed by atoms with E-state index in [2.05, 4.69) is 62.3 Å². The summed E-state index contributed by atoms with van der Waals surface area (Å²) in [7, 11) is 2.08. The predicted molar refractivity (Wildman–Crippen MR) is 87.1 cm³/mol. The van der Waals surface area contributed by atoms with Crippen LogP contribution in [0, 0.1) is 5.92 Å². The van der Waals surface area contributed by atoms with Crippen molar-refractivity contribution in [3.63, 3.8) is 0 Å². The number of hydrogen-bond donors (Lipinski definition) is 1. The van der Waals surface area contributed by atoms with Crippen molar-refractivity contribution < 1.29 is 0 Å². The van der Waals surface area contributed by atoms with Gasteiger partial charge in [0, 0.05) is 25.2 Å². The Kier molecular flexibility index (Phi) is 5.62. The summed E-state index contributed by atoms with van der Waals surface area (Å²) in [4.78, 5) is 2.63. The molecule has 0 amide bonds. The summed E-state index contributed by atoms with van der Waals surface area (Å²) >= 11 is 0. The molecule has 1 heterocycles. The Balaban J connectivity index is 2.00. The normalized spacial score (nSPS) is 25.0. The van der Waals surface area contributed by atoms with Crippen molar-refractivity contribution in [2.45, 2.75) is 52.1 Å². The zero-order valence-corrected chi connectivity index (χ0v) is 13.5. The van der Waals surface area contributed by atoms with Crippen LogP contribution >= 0.6 is 0 Å². The SMILES string of the molecule is CCCc1ccc(C(CN2CC(C)CC2C)NC)cc1. The first kappa shape index (κ1) is 15.5. The van der Waals surface area contributed by atoms with E-state index in [9.17, 15) is 0 Å². The molecule has 0 bridgehead atoms. The molecule has 1 aliphatic heterocycles. The zero-order chi connectivity index (χ0) is 14.5. The number of hydrogen-bond acceptors (Lipinski definition) is 2. The van der Waals surface area contributed by atoms with Crippen molar-refractivity contribution >= 4 is 0 Å². The van der Waals surface area contributed by atoms with Gasteiger partial charge in [0.1, 0.15) is 0 Å². The molecule has 2 rings (SSSR count). The molecule has 0 spiro atoms. The first-order chi connectivity index (χ1) is 9.63. The van der Waals surface area contributed by atoms with Crippen LogP contribution in [0.15, 0.2) is 24.3 Å². The van der Waals surface area contributed by atoms with Crippen LogP contribution in [-0.4, -0.2) is 31.1 Å². The average Bonchev–Trinajstić information content (AvgIpc) is 2.75. The number of likely N-dealkylation sites (tertiary alicyclic amines) is 1. The lowest BCUT2D eigenvalue weighted by Crippen LogP contribution is -2.36. The van der Waals surface area contributed by atoms with E-state index in [1.165, 1.54) is 36.9 Å². The third kappa shape index (κ3) is 3.83. The largest absolute Gasteiger partial charge is 0.312 e. The van der Waals surface area contributed by atoms with E-state index in [1.807, 2.05) is 0 Å². The molecule has 112 valence electrons. The van der Waals surface area contributed by atoms with Crippen molar-refractivity contribution in [2.75, 3.05) is 20.1 Å². The maximum absolute atomic E-state index is 3.49. The Hall–Kier alpha value is -0.860. The topological polar surface area (TPSA) is 15.3 Å². The molecular formula is C18H30N2. The van der Waals surface area contributed by atoms with Crippen LogP contribution in [0.4, 0.5) is 0 Å². The molecule has 2 nitrogen and oxygen atoms in total. The highest BCUT2D eigenvalue weighted by Gasteiger charge is 2.27. The van der Waals surface area contributed by atoms with Gasteiger partial charge in [0.2, 0.25) is 0 Å². The minimum Gasteiger partial charge on any atom is -0.312 e. The Bertz CT molecular complexity index is 398. The van der Waals surface area contributed by atoms with Gasteiger partial charge in [-0.3, -0.25) is 4.90 Å². The number of rotatable bonds is 6. The molecule has 1 aromatic rings. The highest BCUT2D eigenvalue weighted by Crippen LogP contribution is 2.25. The van der Waals surface area contributed by atoms with Crippen molar-refractivity contribution in [1.82, 2.24) is 10.2 Å². The molecule has 0 aromatic heterocycles. The molecule has 0 radical (unpaired) electrons. The lowest BCUT2D eigenvalue weighted by atomic mass is 10.0. The van der Waals surface area contributed by atoms with E-state index in [0.29, 0.717) is 6.04 Å². The summed E-state index contributed by atoms with van der Waals surface area (Å²) < 4.78 is 0. The fourth-order valence-corrected chi connectivity index (χ4v) is 3.44. The van der Waals surface area contributed by atoms with E-state index in [4.69, 9.17) is 0 Å². The molecule has 0 saturated carbocycles. The average molecular weight is 274 g/mol. The van der Waals surface area contributed by atoms with Gasteiger partial charge in [-0.15, -0.1) is 0 Å². The van der Waals surface area contributed by atoms with E-state index in [-0.39, 0.29) is 0 Å². The van der Waals surface area contributed by atoms with E-state index in [1.54, 1.807) is 0 Å². The molecule has 20 heavy (non-hydrogen) atoms. The molecular weight excluding hydrogens is 244 g/mol. The van der Waals surface area contributed by atoms with Crippen LogP contribution in [0.25, 0.3) is 0 Å². The van der Waals surface area contributed by atoms with E-state index < -0.39 is 0 Å². The Morgan fingerprint density at radius 2 is 1.95 bits per heavy atom. The fraction of sp³-hybridized carbons (Fsp3) is 0.667. The highest BCUT2D eigenvalue weighted by molar-refractivity contribution is 5.25. The maximum Gasteiger partial charge on any atom is 0.0446 e. The Labute approximate surface area is 124 Å². The summed E-state index contributed by atoms with van der Waals surface area (Å²) in [5.74, 6) is 0.842. The number of aryl methyl sites for hydroxylation is 1. The van der Waals surface area contributed by atoms with Gasteiger partial charge in [-0.25, -0.2) is 0 Å². The molecule has 1 N–H and O–H groups in total. The van der Waals surface area contributed by atoms with Crippen LogP contribution in [0.1, 0.15) is 50.8 Å². The minimum absolute atomic E-state index is 0.443. The number of nitrogens with one attached hydrogen (secondary N) is 1. The van der Waals surface area contributed by atoms with E-state index >= 15 is 0 Å². The van der Waals surface area contributed by atoms with Crippen LogP contribution in [-0.2, 0) is 6.42 Å². The summed E-state index contributed by atoms with van der Waals surface area (Å²) in [5.41, 5.74) is 2.87. The monoisotopic (exact) mass is 274 g/mol. The number of nitrogens with zero attached hydrogens (tertiary/aromatic N) is 1. The summed E-state index contributed by atoms with van der Waals surface area (Å²) in [6.45, 7) is 9.33. The van der Waals surface area contributed by atoms with Crippen molar-refractivity contribution in [3.05, 3.63) is 35.4 Å². The van der Waals surface area contributed by atoms with Gasteiger partial charge in [0.05, 0.1) is 0 Å². The number of likely N-dealkylation sites (N-methyl/N-ethyl adjacent to an activating group) is 1. The predicted octanol–water partition coefficient (Wildman–Crippen LogP) is 3.63. The standard InChI is InChI=1S/C18H30N2/c1-5-6-16-7-9-17(10-8-16)18(19-4)13-20-12-14(2)11-15(20)3/h7-10,14-15,18-19H,5-6,11-13H2,1-4H3. The molecule has 1 fully saturated rings. The minimum atomic E-state index is 0.443. The van der Waals surface area contributed by atoms with Crippen molar-refractivity contribution in [2.24, 2.45) is 5.92 Å². The number of benzene rings is 1. The molecule has 3 unspecified atom stereocenters. The fourth-order valence-electron chi connectivity index (χ4n) is 3.44. The Morgan fingerprint density at radius 1 is 1.25 bits per heavy atom. The van der Waals surface area contributed by atoms with Crippen LogP contribution in [0.3, 0.4) is 0 Å². The lowest BCUT2D eigenvalue weighted by Gasteiger charge is -2.27. The maximum atomic E-state index is 3.49. The van der Waals surface area contributed by atoms with Gasteiger partial charge >= 0.3 is 0 Å². The first-order valence-electron chi connectivity index (χ1n) is 8.14. The van der Waals surface area contributed by atoms with Crippen molar-refractivity contribution in [3.8, 4) is 0 Å². The second-order valence-corrected chi connectivity index (χ2v) is 6.48. The van der Waals surface area contributed by atoms with Gasteiger partial charge in [-0.05, 0) is 43.9 Å². The summed E-state index contributed by atoms with van der Waals surface area (Å²) in [6.07, 6.45) is 3.75. The molecule has 1 aromatic carbocycles. The molecule has 1 saturated heterocycles. The molecule has 0 aliphatic carbocycles. The second kappa shape index (κ2) is 7.24. The van der Waals surface area contributed by atoms with Crippen LogP contribution in [0.2, 0.25) is 0 Å². The third-order valence-electron chi connectivity index (χ3n) is 4.60. The quantitative estimate of drug-likeness (QED) is 0.852. The van der Waals surface area contributed by atoms with Gasteiger partial charge in [0.15, 0.2) is 0 Å². The van der Waals surface area contributed by atoms with Crippen LogP contribution < -0.4 is 5.32 Å². The van der Waals surface area contributed by atoms with Crippen molar-refractivity contribution in [1.29, 1.82) is 0 Å². The van der Waals surface area contributed by atoms with Crippen LogP contribution in [0.5, 0.6) is 0 Å². The Morgan fingerprint density at radius 3 is 2.45 bits per heavy atom. The van der Waals surface area contributed by atoms with Gasteiger partial charge in [-0.1, -0.05) is 44.5 Å². The highest BCUT2D eigenvalue weighted by atomic mass is 15.2. The second-order valence-electron chi connectivity index (χ2n) is 6.48. The van der Waals surface area contributed by atoms with Gasteiger partial charge in [-0.2, -0.15) is 0 Å². The molecule has 1 aliphatic rings.